The van der Waals surface area contributed by atoms with Gasteiger partial charge in [-0.3, -0.25) is 9.79 Å². The molecule has 74 valence electrons. The predicted molar refractivity (Wildman–Crippen MR) is 55.8 cm³/mol. The first kappa shape index (κ1) is 11.9. The van der Waals surface area contributed by atoms with Gasteiger partial charge in [-0.05, 0) is 12.0 Å². The summed E-state index contributed by atoms with van der Waals surface area (Å²) < 4.78 is 0. The van der Waals surface area contributed by atoms with Crippen LogP contribution in [0.15, 0.2) is 17.1 Å². The second-order valence-corrected chi connectivity index (χ2v) is 3.03. The lowest BCUT2D eigenvalue weighted by Crippen LogP contribution is -2.26. The fourth-order valence-electron chi connectivity index (χ4n) is 0.744. The third-order valence-electron chi connectivity index (χ3n) is 1.77. The molecule has 0 aromatic carbocycles. The van der Waals surface area contributed by atoms with E-state index >= 15 is 0 Å². The zero-order chi connectivity index (χ0) is 10.3. The third kappa shape index (κ3) is 6.08. The Bertz CT molecular complexity index is 219. The molecule has 0 bridgehead atoms. The van der Waals surface area contributed by atoms with E-state index < -0.39 is 0 Å². The van der Waals surface area contributed by atoms with Crippen LogP contribution in [0.1, 0.15) is 27.2 Å². The van der Waals surface area contributed by atoms with Gasteiger partial charge in [-0.2, -0.15) is 0 Å². The Morgan fingerprint density at radius 1 is 1.62 bits per heavy atom. The second kappa shape index (κ2) is 6.40. The van der Waals surface area contributed by atoms with Crippen molar-refractivity contribution in [1.29, 1.82) is 0 Å². The first-order valence-corrected chi connectivity index (χ1v) is 4.52. The minimum atomic E-state index is -0.0885. The van der Waals surface area contributed by atoms with E-state index in [1.54, 1.807) is 7.05 Å². The number of hydrogen-bond acceptors (Lipinski definition) is 2. The highest BCUT2D eigenvalue weighted by Gasteiger charge is 1.96. The van der Waals surface area contributed by atoms with Crippen molar-refractivity contribution in [2.24, 2.45) is 10.9 Å². The quantitative estimate of drug-likeness (QED) is 0.524. The number of nitrogens with zero attached hydrogens (tertiary/aromatic N) is 1. The van der Waals surface area contributed by atoms with Gasteiger partial charge in [0, 0.05) is 14.0 Å². The van der Waals surface area contributed by atoms with E-state index in [0.29, 0.717) is 11.8 Å². The van der Waals surface area contributed by atoms with E-state index in [-0.39, 0.29) is 5.91 Å². The number of carbonyl (C=O) groups is 1. The lowest BCUT2D eigenvalue weighted by Gasteiger charge is -2.02. The highest BCUT2D eigenvalue weighted by Crippen LogP contribution is 2.01. The highest BCUT2D eigenvalue weighted by atomic mass is 16.1. The molecule has 3 heteroatoms. The number of amides is 1. The van der Waals surface area contributed by atoms with Crippen LogP contribution in [-0.2, 0) is 4.79 Å². The van der Waals surface area contributed by atoms with Crippen LogP contribution < -0.4 is 5.32 Å². The molecule has 13 heavy (non-hydrogen) atoms. The van der Waals surface area contributed by atoms with Crippen molar-refractivity contribution in [3.05, 3.63) is 12.2 Å². The number of rotatable bonds is 3. The molecule has 0 rings (SSSR count). The average Bonchev–Trinajstić information content (AvgIpc) is 2.10. The number of aliphatic imine (C=N–C) groups is 1. The summed E-state index contributed by atoms with van der Waals surface area (Å²) in [5.74, 6) is 1.05. The number of amidine groups is 1. The lowest BCUT2D eigenvalue weighted by atomic mass is 10.1. The first-order chi connectivity index (χ1) is 6.10. The van der Waals surface area contributed by atoms with Crippen LogP contribution in [0.5, 0.6) is 0 Å². The second-order valence-electron chi connectivity index (χ2n) is 3.03. The van der Waals surface area contributed by atoms with E-state index in [9.17, 15) is 4.79 Å². The van der Waals surface area contributed by atoms with E-state index in [1.165, 1.54) is 6.92 Å². The summed E-state index contributed by atoms with van der Waals surface area (Å²) in [6.45, 7) is 5.72. The fraction of sp³-hybridized carbons (Fsp3) is 0.600. The molecule has 0 radical (unpaired) electrons. The highest BCUT2D eigenvalue weighted by molar-refractivity contribution is 6.03. The summed E-state index contributed by atoms with van der Waals surface area (Å²) in [5, 5.41) is 2.63. The average molecular weight is 182 g/mol. The van der Waals surface area contributed by atoms with Crippen molar-refractivity contribution in [1.82, 2.24) is 5.32 Å². The van der Waals surface area contributed by atoms with Gasteiger partial charge in [-0.15, -0.1) is 0 Å². The molecule has 3 nitrogen and oxygen atoms in total. The van der Waals surface area contributed by atoms with Crippen LogP contribution >= 0.6 is 0 Å². The van der Waals surface area contributed by atoms with Gasteiger partial charge in [0.1, 0.15) is 5.84 Å². The van der Waals surface area contributed by atoms with Crippen molar-refractivity contribution in [3.8, 4) is 0 Å². The van der Waals surface area contributed by atoms with Crippen LogP contribution in [-0.4, -0.2) is 18.8 Å². The Morgan fingerprint density at radius 2 is 2.23 bits per heavy atom. The molecule has 0 fully saturated rings. The summed E-state index contributed by atoms with van der Waals surface area (Å²) in [4.78, 5) is 14.6. The number of allylic oxidation sites excluding steroid dienone is 1. The molecule has 1 atom stereocenters. The molecule has 1 N–H and O–H groups in total. The summed E-state index contributed by atoms with van der Waals surface area (Å²) in [6, 6.07) is 0. The molecule has 0 aromatic heterocycles. The van der Waals surface area contributed by atoms with Gasteiger partial charge < -0.3 is 5.32 Å². The summed E-state index contributed by atoms with van der Waals surface area (Å²) in [7, 11) is 1.66. The van der Waals surface area contributed by atoms with Crippen LogP contribution in [0.4, 0.5) is 0 Å². The van der Waals surface area contributed by atoms with E-state index in [0.717, 1.165) is 6.42 Å². The SMILES string of the molecule is CC[C@@H](C)/C=C\C(=NC)NC(C)=O. The molecule has 0 aromatic rings. The van der Waals surface area contributed by atoms with E-state index in [2.05, 4.69) is 24.2 Å². The van der Waals surface area contributed by atoms with Crippen LogP contribution in [0.2, 0.25) is 0 Å². The van der Waals surface area contributed by atoms with Crippen molar-refractivity contribution in [2.75, 3.05) is 7.05 Å². The Hall–Kier alpha value is -1.12. The molecule has 0 saturated carbocycles. The molecule has 1 amide bonds. The van der Waals surface area contributed by atoms with Crippen molar-refractivity contribution in [2.45, 2.75) is 27.2 Å². The first-order valence-electron chi connectivity index (χ1n) is 4.52. The lowest BCUT2D eigenvalue weighted by molar-refractivity contribution is -0.117. The molecule has 0 aliphatic rings. The number of hydrogen-bond donors (Lipinski definition) is 1. The Balaban J connectivity index is 4.14. The fourth-order valence-corrected chi connectivity index (χ4v) is 0.744. The van der Waals surface area contributed by atoms with Gasteiger partial charge >= 0.3 is 0 Å². The van der Waals surface area contributed by atoms with Gasteiger partial charge in [0.15, 0.2) is 0 Å². The third-order valence-corrected chi connectivity index (χ3v) is 1.77. The van der Waals surface area contributed by atoms with Gasteiger partial charge in [-0.1, -0.05) is 26.3 Å². The maximum Gasteiger partial charge on any atom is 0.222 e. The minimum Gasteiger partial charge on any atom is -0.311 e. The monoisotopic (exact) mass is 182 g/mol. The smallest absolute Gasteiger partial charge is 0.222 e. The molecule has 0 heterocycles. The molecule has 0 aliphatic carbocycles. The summed E-state index contributed by atoms with van der Waals surface area (Å²) in [6.07, 6.45) is 4.97. The zero-order valence-corrected chi connectivity index (χ0v) is 8.79. The topological polar surface area (TPSA) is 41.5 Å². The van der Waals surface area contributed by atoms with Crippen molar-refractivity contribution >= 4 is 11.7 Å². The van der Waals surface area contributed by atoms with Gasteiger partial charge in [-0.25, -0.2) is 0 Å². The summed E-state index contributed by atoms with van der Waals surface area (Å²) in [5.41, 5.74) is 0. The standard InChI is InChI=1S/C10H18N2O/c1-5-8(2)6-7-10(11-4)12-9(3)13/h6-8H,5H2,1-4H3,(H,11,12,13)/b7-6-/t8-/m1/s1. The van der Waals surface area contributed by atoms with E-state index in [4.69, 9.17) is 0 Å². The van der Waals surface area contributed by atoms with Gasteiger partial charge in [0.25, 0.3) is 0 Å². The van der Waals surface area contributed by atoms with Crippen LogP contribution in [0.3, 0.4) is 0 Å². The Labute approximate surface area is 79.9 Å². The minimum absolute atomic E-state index is 0.0885. The van der Waals surface area contributed by atoms with Crippen molar-refractivity contribution in [3.63, 3.8) is 0 Å². The van der Waals surface area contributed by atoms with Gasteiger partial charge in [0.2, 0.25) is 5.91 Å². The number of nitrogens with one attached hydrogen (secondary N) is 1. The maximum absolute atomic E-state index is 10.7. The van der Waals surface area contributed by atoms with E-state index in [1.807, 2.05) is 12.2 Å². The maximum atomic E-state index is 10.7. The van der Waals surface area contributed by atoms with Gasteiger partial charge in [0.05, 0.1) is 0 Å². The molecule has 0 spiro atoms. The normalized spacial score (nSPS) is 14.6. The van der Waals surface area contributed by atoms with Crippen molar-refractivity contribution < 1.29 is 4.79 Å². The molecule has 0 unspecified atom stereocenters. The number of carbonyl (C=O) groups excluding carboxylic acids is 1. The van der Waals surface area contributed by atoms with Crippen LogP contribution in [0.25, 0.3) is 0 Å². The molecular weight excluding hydrogens is 164 g/mol. The predicted octanol–water partition coefficient (Wildman–Crippen LogP) is 1.75. The largest absolute Gasteiger partial charge is 0.311 e. The summed E-state index contributed by atoms with van der Waals surface area (Å²) >= 11 is 0. The van der Waals surface area contributed by atoms with Crippen LogP contribution in [0, 0.1) is 5.92 Å². The molecule has 0 aliphatic heterocycles. The Kier molecular flexibility index (Phi) is 5.85. The Morgan fingerprint density at radius 3 is 2.62 bits per heavy atom. The molecular formula is C10H18N2O. The zero-order valence-electron chi connectivity index (χ0n) is 8.79. The molecule has 0 saturated heterocycles.